The third-order valence-corrected chi connectivity index (χ3v) is 4.37. The first-order valence-electron chi connectivity index (χ1n) is 7.89. The Balaban J connectivity index is 1.85. The van der Waals surface area contributed by atoms with Crippen LogP contribution in [0.4, 0.5) is 0 Å². The van der Waals surface area contributed by atoms with Crippen molar-refractivity contribution in [3.63, 3.8) is 0 Å². The number of allylic oxidation sites excluding steroid dienone is 1. The first-order chi connectivity index (χ1) is 10.1. The predicted molar refractivity (Wildman–Crippen MR) is 85.2 cm³/mol. The van der Waals surface area contributed by atoms with Gasteiger partial charge in [-0.1, -0.05) is 0 Å². The summed E-state index contributed by atoms with van der Waals surface area (Å²) in [5.41, 5.74) is 8.16. The molecule has 0 aliphatic carbocycles. The molecule has 0 bridgehead atoms. The molecule has 1 amide bonds. The molecular weight excluding hydrogens is 264 g/mol. The Morgan fingerprint density at radius 3 is 2.67 bits per heavy atom. The Kier molecular flexibility index (Phi) is 5.53. The quantitative estimate of drug-likeness (QED) is 0.804. The van der Waals surface area contributed by atoms with Crippen LogP contribution in [0.25, 0.3) is 0 Å². The Labute approximate surface area is 127 Å². The number of carbonyl (C=O) groups is 1. The molecule has 0 saturated carbocycles. The lowest BCUT2D eigenvalue weighted by molar-refractivity contribution is -0.134. The number of rotatable bonds is 2. The van der Waals surface area contributed by atoms with Gasteiger partial charge in [0.25, 0.3) is 0 Å². The summed E-state index contributed by atoms with van der Waals surface area (Å²) in [5, 5.41) is 3.39. The summed E-state index contributed by atoms with van der Waals surface area (Å²) in [6, 6.07) is 0. The molecule has 0 unspecified atom stereocenters. The Hall–Kier alpha value is -1.65. The third-order valence-electron chi connectivity index (χ3n) is 4.37. The van der Waals surface area contributed by atoms with Crippen LogP contribution in [0.3, 0.4) is 0 Å². The molecular formula is C16H28N4O. The van der Waals surface area contributed by atoms with Crippen molar-refractivity contribution in [3.8, 4) is 0 Å². The summed E-state index contributed by atoms with van der Waals surface area (Å²) in [7, 11) is 3.69. The fourth-order valence-corrected chi connectivity index (χ4v) is 3.06. The van der Waals surface area contributed by atoms with E-state index in [1.54, 1.807) is 11.1 Å². The van der Waals surface area contributed by atoms with Gasteiger partial charge in [-0.15, -0.1) is 0 Å². The minimum atomic E-state index is 0.202. The highest BCUT2D eigenvalue weighted by molar-refractivity contribution is 5.78. The van der Waals surface area contributed by atoms with Gasteiger partial charge in [0, 0.05) is 51.5 Å². The fourth-order valence-electron chi connectivity index (χ4n) is 3.06. The number of likely N-dealkylation sites (tertiary alicyclic amines) is 1. The smallest absolute Gasteiger partial charge is 0.225 e. The molecule has 2 aliphatic rings. The SMILES string of the molecule is CN(C)C(=O)C1CCN(/C=C2\CCC/C(=C/N)NC2)CC1. The topological polar surface area (TPSA) is 61.6 Å². The summed E-state index contributed by atoms with van der Waals surface area (Å²) in [6.07, 6.45) is 9.21. The molecule has 2 rings (SSSR count). The largest absolute Gasteiger partial charge is 0.403 e. The van der Waals surface area contributed by atoms with Crippen LogP contribution in [0, 0.1) is 5.92 Å². The first kappa shape index (κ1) is 15.7. The molecule has 2 fully saturated rings. The molecule has 0 aromatic rings. The van der Waals surface area contributed by atoms with Crippen molar-refractivity contribution < 1.29 is 4.79 Å². The second kappa shape index (κ2) is 7.38. The molecule has 0 aromatic heterocycles. The average molecular weight is 292 g/mol. The molecule has 2 aliphatic heterocycles. The van der Waals surface area contributed by atoms with Gasteiger partial charge in [0.2, 0.25) is 5.91 Å². The minimum Gasteiger partial charge on any atom is -0.403 e. The Bertz CT molecular complexity index is 420. The first-order valence-corrected chi connectivity index (χ1v) is 7.89. The summed E-state index contributed by atoms with van der Waals surface area (Å²) in [4.78, 5) is 16.1. The zero-order chi connectivity index (χ0) is 15.2. The van der Waals surface area contributed by atoms with E-state index in [0.29, 0.717) is 0 Å². The number of carbonyl (C=O) groups excluding carboxylic acids is 1. The van der Waals surface area contributed by atoms with E-state index in [2.05, 4.69) is 16.4 Å². The maximum absolute atomic E-state index is 12.0. The summed E-state index contributed by atoms with van der Waals surface area (Å²) in [5.74, 6) is 0.477. The van der Waals surface area contributed by atoms with Gasteiger partial charge in [-0.2, -0.15) is 0 Å². The number of hydrogen-bond acceptors (Lipinski definition) is 4. The van der Waals surface area contributed by atoms with Crippen molar-refractivity contribution in [2.75, 3.05) is 33.7 Å². The third kappa shape index (κ3) is 4.41. The Morgan fingerprint density at radius 2 is 2.05 bits per heavy atom. The van der Waals surface area contributed by atoms with Gasteiger partial charge in [0.1, 0.15) is 0 Å². The molecule has 0 atom stereocenters. The molecule has 118 valence electrons. The maximum Gasteiger partial charge on any atom is 0.225 e. The van der Waals surface area contributed by atoms with E-state index < -0.39 is 0 Å². The van der Waals surface area contributed by atoms with Crippen LogP contribution in [0.15, 0.2) is 23.7 Å². The van der Waals surface area contributed by atoms with Crippen molar-refractivity contribution >= 4 is 5.91 Å². The normalized spacial score (nSPS) is 24.8. The van der Waals surface area contributed by atoms with Crippen molar-refractivity contribution in [1.82, 2.24) is 15.1 Å². The number of hydrogen-bond donors (Lipinski definition) is 2. The number of nitrogens with zero attached hydrogens (tertiary/aromatic N) is 2. The van der Waals surface area contributed by atoms with Crippen LogP contribution in [0.1, 0.15) is 32.1 Å². The van der Waals surface area contributed by atoms with Crippen molar-refractivity contribution in [1.29, 1.82) is 0 Å². The summed E-state index contributed by atoms with van der Waals surface area (Å²) < 4.78 is 0. The van der Waals surface area contributed by atoms with Gasteiger partial charge in [-0.05, 0) is 43.9 Å². The fraction of sp³-hybridized carbons (Fsp3) is 0.688. The molecule has 5 nitrogen and oxygen atoms in total. The average Bonchev–Trinajstić information content (AvgIpc) is 2.72. The van der Waals surface area contributed by atoms with E-state index in [1.165, 1.54) is 5.57 Å². The second-order valence-electron chi connectivity index (χ2n) is 6.23. The molecule has 2 heterocycles. The van der Waals surface area contributed by atoms with Crippen LogP contribution in [0.5, 0.6) is 0 Å². The van der Waals surface area contributed by atoms with Crippen LogP contribution in [-0.2, 0) is 4.79 Å². The van der Waals surface area contributed by atoms with E-state index in [0.717, 1.165) is 57.4 Å². The zero-order valence-corrected chi connectivity index (χ0v) is 13.3. The van der Waals surface area contributed by atoms with Gasteiger partial charge in [0.15, 0.2) is 0 Å². The standard InChI is InChI=1S/C16H28N4O/c1-19(2)16(21)14-6-8-20(9-7-14)12-13-4-3-5-15(10-17)18-11-13/h10,12,14,18H,3-9,11,17H2,1-2H3/b13-12+,15-10-. The number of piperidine rings is 1. The maximum atomic E-state index is 12.0. The van der Waals surface area contributed by atoms with E-state index in [-0.39, 0.29) is 11.8 Å². The number of nitrogens with one attached hydrogen (secondary N) is 1. The number of nitrogens with two attached hydrogens (primary N) is 1. The van der Waals surface area contributed by atoms with Crippen molar-refractivity contribution in [2.24, 2.45) is 11.7 Å². The monoisotopic (exact) mass is 292 g/mol. The van der Waals surface area contributed by atoms with Gasteiger partial charge in [-0.25, -0.2) is 0 Å². The van der Waals surface area contributed by atoms with E-state index in [9.17, 15) is 4.79 Å². The van der Waals surface area contributed by atoms with Crippen LogP contribution in [0.2, 0.25) is 0 Å². The Morgan fingerprint density at radius 1 is 1.33 bits per heavy atom. The molecule has 2 saturated heterocycles. The molecule has 21 heavy (non-hydrogen) atoms. The van der Waals surface area contributed by atoms with Crippen LogP contribution >= 0.6 is 0 Å². The predicted octanol–water partition coefficient (Wildman–Crippen LogP) is 1.24. The highest BCUT2D eigenvalue weighted by Gasteiger charge is 2.25. The van der Waals surface area contributed by atoms with Gasteiger partial charge < -0.3 is 20.9 Å². The van der Waals surface area contributed by atoms with Gasteiger partial charge in [-0.3, -0.25) is 4.79 Å². The molecule has 0 radical (unpaired) electrons. The summed E-state index contributed by atoms with van der Waals surface area (Å²) in [6.45, 7) is 2.85. The molecule has 5 heteroatoms. The zero-order valence-electron chi connectivity index (χ0n) is 13.3. The number of amides is 1. The van der Waals surface area contributed by atoms with Crippen molar-refractivity contribution in [2.45, 2.75) is 32.1 Å². The second-order valence-corrected chi connectivity index (χ2v) is 6.23. The van der Waals surface area contributed by atoms with Gasteiger partial charge in [0.05, 0.1) is 0 Å². The highest BCUT2D eigenvalue weighted by Crippen LogP contribution is 2.21. The molecule has 0 spiro atoms. The summed E-state index contributed by atoms with van der Waals surface area (Å²) >= 11 is 0. The minimum absolute atomic E-state index is 0.202. The van der Waals surface area contributed by atoms with E-state index in [1.807, 2.05) is 14.1 Å². The van der Waals surface area contributed by atoms with Crippen LogP contribution < -0.4 is 11.1 Å². The van der Waals surface area contributed by atoms with Gasteiger partial charge >= 0.3 is 0 Å². The van der Waals surface area contributed by atoms with E-state index >= 15 is 0 Å². The lowest BCUT2D eigenvalue weighted by Crippen LogP contribution is -2.38. The molecule has 0 aromatic carbocycles. The van der Waals surface area contributed by atoms with Crippen LogP contribution in [-0.4, -0.2) is 49.4 Å². The lowest BCUT2D eigenvalue weighted by atomic mass is 9.95. The van der Waals surface area contributed by atoms with Crippen molar-refractivity contribution in [3.05, 3.63) is 23.7 Å². The lowest BCUT2D eigenvalue weighted by Gasteiger charge is -2.32. The highest BCUT2D eigenvalue weighted by atomic mass is 16.2. The molecule has 3 N–H and O–H groups in total. The van der Waals surface area contributed by atoms with E-state index in [4.69, 9.17) is 5.73 Å².